The molecule has 0 aliphatic carbocycles. The van der Waals surface area contributed by atoms with Crippen LogP contribution in [0.5, 0.6) is 11.5 Å². The average molecular weight is 342 g/mol. The van der Waals surface area contributed by atoms with E-state index in [1.807, 2.05) is 0 Å². The third-order valence-electron chi connectivity index (χ3n) is 2.38. The Hall–Kier alpha value is -1.72. The summed E-state index contributed by atoms with van der Waals surface area (Å²) >= 11 is 9.18. The molecular weight excluding hydrogens is 332 g/mol. The van der Waals surface area contributed by atoms with Gasteiger partial charge in [-0.05, 0) is 58.4 Å². The minimum atomic E-state index is 0.0405. The quantitative estimate of drug-likeness (QED) is 0.384. The number of hydrogen-bond donors (Lipinski definition) is 2. The second-order valence-electron chi connectivity index (χ2n) is 3.69. The van der Waals surface area contributed by atoms with Crippen LogP contribution in [0.25, 0.3) is 0 Å². The maximum Gasteiger partial charge on any atom is 0.170 e. The largest absolute Gasteiger partial charge is 0.456 e. The molecule has 0 radical (unpaired) electrons. The highest BCUT2D eigenvalue weighted by molar-refractivity contribution is 9.10. The first-order valence-electron chi connectivity index (χ1n) is 5.31. The van der Waals surface area contributed by atoms with Crippen molar-refractivity contribution in [1.82, 2.24) is 0 Å². The van der Waals surface area contributed by atoms with Crippen molar-refractivity contribution < 1.29 is 9.94 Å². The van der Waals surface area contributed by atoms with Crippen LogP contribution in [0.3, 0.4) is 0 Å². The predicted molar refractivity (Wildman–Crippen MR) is 78.2 cm³/mol. The predicted octanol–water partition coefficient (Wildman–Crippen LogP) is 3.99. The van der Waals surface area contributed by atoms with Crippen molar-refractivity contribution >= 4 is 33.4 Å². The standard InChI is InChI=1S/C13H10BrClN2O2/c14-11-7-8(13(16)17-18)1-6-12(11)19-10-4-2-9(15)3-5-10/h1-7,18H,(H2,16,17). The molecule has 3 N–H and O–H groups in total. The normalized spacial score (nSPS) is 11.4. The van der Waals surface area contributed by atoms with E-state index in [1.165, 1.54) is 0 Å². The first-order chi connectivity index (χ1) is 9.10. The molecule has 2 aromatic carbocycles. The molecule has 0 fully saturated rings. The van der Waals surface area contributed by atoms with Crippen molar-refractivity contribution in [3.8, 4) is 11.5 Å². The average Bonchev–Trinajstić information content (AvgIpc) is 2.42. The first kappa shape index (κ1) is 13.7. The van der Waals surface area contributed by atoms with Gasteiger partial charge in [0.15, 0.2) is 5.84 Å². The van der Waals surface area contributed by atoms with Crippen LogP contribution in [-0.2, 0) is 0 Å². The fourth-order valence-corrected chi connectivity index (χ4v) is 2.02. The van der Waals surface area contributed by atoms with Crippen LogP contribution in [-0.4, -0.2) is 11.0 Å². The molecule has 0 amide bonds. The number of oxime groups is 1. The molecule has 2 aromatic rings. The Bertz CT molecular complexity index is 615. The molecule has 0 aliphatic rings. The monoisotopic (exact) mass is 340 g/mol. The summed E-state index contributed by atoms with van der Waals surface area (Å²) in [5.74, 6) is 1.33. The van der Waals surface area contributed by atoms with Crippen LogP contribution in [0.1, 0.15) is 5.56 Å². The van der Waals surface area contributed by atoms with Gasteiger partial charge in [0.25, 0.3) is 0 Å². The molecule has 6 heteroatoms. The van der Waals surface area contributed by atoms with E-state index in [2.05, 4.69) is 21.1 Å². The first-order valence-corrected chi connectivity index (χ1v) is 6.48. The second kappa shape index (κ2) is 5.95. The zero-order chi connectivity index (χ0) is 13.8. The Morgan fingerprint density at radius 3 is 2.47 bits per heavy atom. The van der Waals surface area contributed by atoms with Gasteiger partial charge in [0.1, 0.15) is 11.5 Å². The number of amidine groups is 1. The molecule has 0 bridgehead atoms. The lowest BCUT2D eigenvalue weighted by Crippen LogP contribution is -2.12. The van der Waals surface area contributed by atoms with Crippen LogP contribution in [0.4, 0.5) is 0 Å². The molecule has 0 spiro atoms. The van der Waals surface area contributed by atoms with Crippen LogP contribution in [0.15, 0.2) is 52.1 Å². The van der Waals surface area contributed by atoms with Gasteiger partial charge in [-0.1, -0.05) is 16.8 Å². The molecule has 0 saturated carbocycles. The van der Waals surface area contributed by atoms with Crippen molar-refractivity contribution in [2.75, 3.05) is 0 Å². The SMILES string of the molecule is N/C(=N/O)c1ccc(Oc2ccc(Cl)cc2)c(Br)c1. The summed E-state index contributed by atoms with van der Waals surface area (Å²) in [6.07, 6.45) is 0. The molecule has 0 aromatic heterocycles. The molecule has 0 atom stereocenters. The Labute approximate surface area is 123 Å². The van der Waals surface area contributed by atoms with Crippen molar-refractivity contribution in [3.63, 3.8) is 0 Å². The number of nitrogens with zero attached hydrogens (tertiary/aromatic N) is 1. The zero-order valence-electron chi connectivity index (χ0n) is 9.68. The molecule has 0 aliphatic heterocycles. The van der Waals surface area contributed by atoms with Crippen molar-refractivity contribution in [2.24, 2.45) is 10.9 Å². The molecule has 98 valence electrons. The summed E-state index contributed by atoms with van der Waals surface area (Å²) in [5.41, 5.74) is 6.10. The highest BCUT2D eigenvalue weighted by Crippen LogP contribution is 2.30. The zero-order valence-corrected chi connectivity index (χ0v) is 12.0. The van der Waals surface area contributed by atoms with Gasteiger partial charge in [0.05, 0.1) is 4.47 Å². The van der Waals surface area contributed by atoms with Gasteiger partial charge >= 0.3 is 0 Å². The van der Waals surface area contributed by atoms with Crippen molar-refractivity contribution in [3.05, 3.63) is 57.5 Å². The maximum absolute atomic E-state index is 8.61. The van der Waals surface area contributed by atoms with E-state index < -0.39 is 0 Å². The molecule has 2 rings (SSSR count). The summed E-state index contributed by atoms with van der Waals surface area (Å²) in [6, 6.07) is 12.2. The minimum absolute atomic E-state index is 0.0405. The third-order valence-corrected chi connectivity index (χ3v) is 3.25. The smallest absolute Gasteiger partial charge is 0.170 e. The fourth-order valence-electron chi connectivity index (χ4n) is 1.43. The highest BCUT2D eigenvalue weighted by Gasteiger charge is 2.06. The Kier molecular flexibility index (Phi) is 4.29. The van der Waals surface area contributed by atoms with Crippen LogP contribution in [0.2, 0.25) is 5.02 Å². The molecular formula is C13H10BrClN2O2. The van der Waals surface area contributed by atoms with Crippen LogP contribution in [0, 0.1) is 0 Å². The van der Waals surface area contributed by atoms with E-state index in [4.69, 9.17) is 27.3 Å². The van der Waals surface area contributed by atoms with E-state index in [-0.39, 0.29) is 5.84 Å². The Morgan fingerprint density at radius 2 is 1.89 bits per heavy atom. The van der Waals surface area contributed by atoms with E-state index in [0.29, 0.717) is 26.6 Å². The number of nitrogens with two attached hydrogens (primary N) is 1. The Balaban J connectivity index is 2.24. The fraction of sp³-hybridized carbons (Fsp3) is 0. The lowest BCUT2D eigenvalue weighted by Gasteiger charge is -2.09. The number of ether oxygens (including phenoxy) is 1. The van der Waals surface area contributed by atoms with Gasteiger partial charge in [-0.25, -0.2) is 0 Å². The Morgan fingerprint density at radius 1 is 1.21 bits per heavy atom. The summed E-state index contributed by atoms with van der Waals surface area (Å²) in [6.45, 7) is 0. The van der Waals surface area contributed by atoms with Crippen LogP contribution < -0.4 is 10.5 Å². The summed E-state index contributed by atoms with van der Waals surface area (Å²) < 4.78 is 6.38. The van der Waals surface area contributed by atoms with E-state index in [9.17, 15) is 0 Å². The van der Waals surface area contributed by atoms with Gasteiger partial charge in [-0.15, -0.1) is 0 Å². The van der Waals surface area contributed by atoms with E-state index in [1.54, 1.807) is 42.5 Å². The van der Waals surface area contributed by atoms with Gasteiger partial charge < -0.3 is 15.7 Å². The van der Waals surface area contributed by atoms with Crippen molar-refractivity contribution in [2.45, 2.75) is 0 Å². The van der Waals surface area contributed by atoms with Gasteiger partial charge in [0.2, 0.25) is 0 Å². The van der Waals surface area contributed by atoms with Gasteiger partial charge in [0, 0.05) is 10.6 Å². The van der Waals surface area contributed by atoms with E-state index >= 15 is 0 Å². The molecule has 0 heterocycles. The highest BCUT2D eigenvalue weighted by atomic mass is 79.9. The van der Waals surface area contributed by atoms with E-state index in [0.717, 1.165) is 0 Å². The topological polar surface area (TPSA) is 67.8 Å². The lowest BCUT2D eigenvalue weighted by molar-refractivity contribution is 0.318. The van der Waals surface area contributed by atoms with Crippen LogP contribution >= 0.6 is 27.5 Å². The lowest BCUT2D eigenvalue weighted by atomic mass is 10.2. The molecule has 0 unspecified atom stereocenters. The van der Waals surface area contributed by atoms with Crippen molar-refractivity contribution in [1.29, 1.82) is 0 Å². The molecule has 19 heavy (non-hydrogen) atoms. The number of benzene rings is 2. The number of halogens is 2. The summed E-state index contributed by atoms with van der Waals surface area (Å²) in [4.78, 5) is 0. The minimum Gasteiger partial charge on any atom is -0.456 e. The number of hydrogen-bond acceptors (Lipinski definition) is 3. The second-order valence-corrected chi connectivity index (χ2v) is 4.98. The third kappa shape index (κ3) is 3.39. The molecule has 4 nitrogen and oxygen atoms in total. The summed E-state index contributed by atoms with van der Waals surface area (Å²) in [7, 11) is 0. The van der Waals surface area contributed by atoms with Gasteiger partial charge in [-0.3, -0.25) is 0 Å². The van der Waals surface area contributed by atoms with Gasteiger partial charge in [-0.2, -0.15) is 0 Å². The summed E-state index contributed by atoms with van der Waals surface area (Å²) in [5, 5.41) is 12.2. The molecule has 0 saturated heterocycles. The number of rotatable bonds is 3. The maximum atomic E-state index is 8.61.